The molecule has 18 heavy (non-hydrogen) atoms. The fraction of sp³-hybridized carbons (Fsp3) is 0.833. The third kappa shape index (κ3) is 3.87. The lowest BCUT2D eigenvalue weighted by atomic mass is 10.1. The molecule has 2 N–H and O–H groups in total. The number of nitrogens with two attached hydrogens (primary N) is 1. The largest absolute Gasteiger partial charge is 0.339 e. The van der Waals surface area contributed by atoms with E-state index in [2.05, 4.69) is 0 Å². The number of urea groups is 1. The monoisotopic (exact) mass is 256 g/mol. The summed E-state index contributed by atoms with van der Waals surface area (Å²) in [6, 6.07) is -0.0497. The minimum absolute atomic E-state index is 0.00681. The Labute approximate surface area is 109 Å². The summed E-state index contributed by atoms with van der Waals surface area (Å²) >= 11 is 0. The molecule has 1 fully saturated rings. The molecule has 1 atom stereocenters. The van der Waals surface area contributed by atoms with Gasteiger partial charge in [0.15, 0.2) is 0 Å². The molecule has 0 spiro atoms. The van der Waals surface area contributed by atoms with Crippen LogP contribution in [0.3, 0.4) is 0 Å². The van der Waals surface area contributed by atoms with Crippen molar-refractivity contribution in [3.8, 4) is 0 Å². The molecule has 1 rings (SSSR count). The lowest BCUT2D eigenvalue weighted by molar-refractivity contribution is -0.133. The van der Waals surface area contributed by atoms with Crippen molar-refractivity contribution >= 4 is 11.9 Å². The van der Waals surface area contributed by atoms with Gasteiger partial charge in [0, 0.05) is 52.7 Å². The van der Waals surface area contributed by atoms with E-state index in [9.17, 15) is 9.59 Å². The van der Waals surface area contributed by atoms with E-state index in [1.54, 1.807) is 28.8 Å². The number of rotatable bonds is 3. The zero-order valence-corrected chi connectivity index (χ0v) is 11.6. The second-order valence-electron chi connectivity index (χ2n) is 4.92. The zero-order valence-electron chi connectivity index (χ0n) is 11.6. The SMILES string of the molecule is CCC(N)CC(=O)N1CCN(C(=O)N(C)C)CC1. The summed E-state index contributed by atoms with van der Waals surface area (Å²) in [6.07, 6.45) is 1.21. The predicted molar refractivity (Wildman–Crippen MR) is 70.1 cm³/mol. The maximum atomic E-state index is 11.9. The van der Waals surface area contributed by atoms with Crippen molar-refractivity contribution in [2.45, 2.75) is 25.8 Å². The van der Waals surface area contributed by atoms with Gasteiger partial charge in [-0.1, -0.05) is 6.92 Å². The molecule has 3 amide bonds. The van der Waals surface area contributed by atoms with Crippen LogP contribution in [0, 0.1) is 0 Å². The molecule has 1 heterocycles. The lowest BCUT2D eigenvalue weighted by Crippen LogP contribution is -2.53. The van der Waals surface area contributed by atoms with Crippen LogP contribution in [0.4, 0.5) is 4.79 Å². The highest BCUT2D eigenvalue weighted by Gasteiger charge is 2.25. The fourth-order valence-corrected chi connectivity index (χ4v) is 1.93. The highest BCUT2D eigenvalue weighted by atomic mass is 16.2. The van der Waals surface area contributed by atoms with Crippen LogP contribution in [-0.4, -0.2) is 73.0 Å². The first-order valence-electron chi connectivity index (χ1n) is 6.45. The van der Waals surface area contributed by atoms with Gasteiger partial charge in [-0.15, -0.1) is 0 Å². The van der Waals surface area contributed by atoms with E-state index >= 15 is 0 Å². The number of carbonyl (C=O) groups excluding carboxylic acids is 2. The second-order valence-corrected chi connectivity index (χ2v) is 4.92. The molecule has 0 saturated carbocycles. The molecule has 0 aromatic heterocycles. The minimum Gasteiger partial charge on any atom is -0.339 e. The van der Waals surface area contributed by atoms with E-state index in [4.69, 9.17) is 5.73 Å². The Balaban J connectivity index is 2.39. The molecule has 1 aliphatic rings. The van der Waals surface area contributed by atoms with Crippen LogP contribution in [0.15, 0.2) is 0 Å². The molecule has 0 radical (unpaired) electrons. The number of hydrogen-bond donors (Lipinski definition) is 1. The average Bonchev–Trinajstić information content (AvgIpc) is 2.37. The van der Waals surface area contributed by atoms with Gasteiger partial charge in [-0.25, -0.2) is 4.79 Å². The third-order valence-electron chi connectivity index (χ3n) is 3.25. The molecule has 0 aromatic rings. The molecule has 104 valence electrons. The van der Waals surface area contributed by atoms with Crippen LogP contribution in [0.2, 0.25) is 0 Å². The van der Waals surface area contributed by atoms with Crippen molar-refractivity contribution < 1.29 is 9.59 Å². The van der Waals surface area contributed by atoms with Gasteiger partial charge in [0.1, 0.15) is 0 Å². The van der Waals surface area contributed by atoms with Gasteiger partial charge in [-0.2, -0.15) is 0 Å². The molecule has 0 aliphatic carbocycles. The topological polar surface area (TPSA) is 69.9 Å². The van der Waals surface area contributed by atoms with E-state index in [0.29, 0.717) is 32.6 Å². The van der Waals surface area contributed by atoms with Crippen molar-refractivity contribution in [2.24, 2.45) is 5.73 Å². The van der Waals surface area contributed by atoms with Crippen LogP contribution >= 0.6 is 0 Å². The van der Waals surface area contributed by atoms with Gasteiger partial charge < -0.3 is 20.4 Å². The summed E-state index contributed by atoms with van der Waals surface area (Å²) in [7, 11) is 3.47. The number of carbonyl (C=O) groups is 2. The Morgan fingerprint density at radius 3 is 2.11 bits per heavy atom. The van der Waals surface area contributed by atoms with Gasteiger partial charge in [-0.3, -0.25) is 4.79 Å². The van der Waals surface area contributed by atoms with E-state index in [1.807, 2.05) is 6.92 Å². The van der Waals surface area contributed by atoms with E-state index in [1.165, 1.54) is 0 Å². The van der Waals surface area contributed by atoms with Crippen LogP contribution in [0.1, 0.15) is 19.8 Å². The van der Waals surface area contributed by atoms with Gasteiger partial charge in [0.25, 0.3) is 0 Å². The molecule has 1 aliphatic heterocycles. The quantitative estimate of drug-likeness (QED) is 0.769. The summed E-state index contributed by atoms with van der Waals surface area (Å²) in [5.74, 6) is 0.0984. The maximum absolute atomic E-state index is 11.9. The summed E-state index contributed by atoms with van der Waals surface area (Å²) in [5, 5.41) is 0. The minimum atomic E-state index is -0.0565. The Hall–Kier alpha value is -1.30. The van der Waals surface area contributed by atoms with E-state index < -0.39 is 0 Å². The highest BCUT2D eigenvalue weighted by molar-refractivity contribution is 5.78. The summed E-state index contributed by atoms with van der Waals surface area (Å²) in [5.41, 5.74) is 5.78. The van der Waals surface area contributed by atoms with E-state index in [-0.39, 0.29) is 18.0 Å². The number of amides is 3. The number of nitrogens with zero attached hydrogens (tertiary/aromatic N) is 3. The Morgan fingerprint density at radius 2 is 1.67 bits per heavy atom. The lowest BCUT2D eigenvalue weighted by Gasteiger charge is -2.36. The van der Waals surface area contributed by atoms with Gasteiger partial charge in [-0.05, 0) is 6.42 Å². The predicted octanol–water partition coefficient (Wildman–Crippen LogP) is -0.0604. The van der Waals surface area contributed by atoms with Crippen molar-refractivity contribution in [3.05, 3.63) is 0 Å². The van der Waals surface area contributed by atoms with Gasteiger partial charge in [0.05, 0.1) is 0 Å². The maximum Gasteiger partial charge on any atom is 0.319 e. The molecule has 6 nitrogen and oxygen atoms in total. The third-order valence-corrected chi connectivity index (χ3v) is 3.25. The standard InChI is InChI=1S/C12H24N4O2/c1-4-10(13)9-11(17)15-5-7-16(8-6-15)12(18)14(2)3/h10H,4-9,13H2,1-3H3. The Bertz CT molecular complexity index is 298. The van der Waals surface area contributed by atoms with Crippen molar-refractivity contribution in [2.75, 3.05) is 40.3 Å². The molecule has 1 saturated heterocycles. The van der Waals surface area contributed by atoms with E-state index in [0.717, 1.165) is 6.42 Å². The van der Waals surface area contributed by atoms with Crippen molar-refractivity contribution in [3.63, 3.8) is 0 Å². The summed E-state index contributed by atoms with van der Waals surface area (Å²) in [6.45, 7) is 4.39. The average molecular weight is 256 g/mol. The molecular formula is C12H24N4O2. The molecule has 6 heteroatoms. The second kappa shape index (κ2) is 6.58. The van der Waals surface area contributed by atoms with Crippen LogP contribution in [0.5, 0.6) is 0 Å². The molecular weight excluding hydrogens is 232 g/mol. The normalized spacial score (nSPS) is 17.6. The fourth-order valence-electron chi connectivity index (χ4n) is 1.93. The van der Waals surface area contributed by atoms with Crippen molar-refractivity contribution in [1.82, 2.24) is 14.7 Å². The first-order chi connectivity index (χ1) is 8.45. The summed E-state index contributed by atoms with van der Waals surface area (Å²) in [4.78, 5) is 28.8. The highest BCUT2D eigenvalue weighted by Crippen LogP contribution is 2.07. The Morgan fingerprint density at radius 1 is 1.17 bits per heavy atom. The first kappa shape index (κ1) is 14.8. The molecule has 1 unspecified atom stereocenters. The smallest absolute Gasteiger partial charge is 0.319 e. The zero-order chi connectivity index (χ0) is 13.7. The van der Waals surface area contributed by atoms with Crippen LogP contribution < -0.4 is 5.73 Å². The molecule has 0 aromatic carbocycles. The van der Waals surface area contributed by atoms with Crippen molar-refractivity contribution in [1.29, 1.82) is 0 Å². The Kier molecular flexibility index (Phi) is 5.40. The van der Waals surface area contributed by atoms with Gasteiger partial charge >= 0.3 is 6.03 Å². The number of hydrogen-bond acceptors (Lipinski definition) is 3. The van der Waals surface area contributed by atoms with Gasteiger partial charge in [0.2, 0.25) is 5.91 Å². The van der Waals surface area contributed by atoms with Crippen LogP contribution in [-0.2, 0) is 4.79 Å². The molecule has 0 bridgehead atoms. The summed E-state index contributed by atoms with van der Waals surface area (Å²) < 4.78 is 0. The number of piperazine rings is 1. The van der Waals surface area contributed by atoms with Crippen LogP contribution in [0.25, 0.3) is 0 Å². The first-order valence-corrected chi connectivity index (χ1v) is 6.45.